The predicted octanol–water partition coefficient (Wildman–Crippen LogP) is 25.5. The van der Waals surface area contributed by atoms with Crippen molar-refractivity contribution < 1.29 is 14.2 Å². The topological polar surface area (TPSA) is 37.6 Å². The predicted molar refractivity (Wildman–Crippen MR) is 434 cm³/mol. The van der Waals surface area contributed by atoms with Gasteiger partial charge in [0.05, 0.1) is 32.9 Å². The van der Waals surface area contributed by atoms with Crippen LogP contribution in [0.1, 0.15) is 86.2 Å². The van der Waals surface area contributed by atoms with Gasteiger partial charge in [-0.2, -0.15) is 0 Å². The molecule has 0 saturated heterocycles. The summed E-state index contributed by atoms with van der Waals surface area (Å²) < 4.78 is 26.9. The molecule has 5 heteroatoms. The van der Waals surface area contributed by atoms with Crippen LogP contribution in [0.4, 0.5) is 0 Å². The Balaban J connectivity index is 0.733. The van der Waals surface area contributed by atoms with Gasteiger partial charge in [0.1, 0.15) is 40.0 Å². The summed E-state index contributed by atoms with van der Waals surface area (Å²) in [7, 11) is 0. The molecule has 0 fully saturated rings. The van der Waals surface area contributed by atoms with Crippen molar-refractivity contribution in [1.82, 2.24) is 9.13 Å². The third-order valence-electron chi connectivity index (χ3n) is 24.1. The Bertz CT molecular complexity index is 6660. The third kappa shape index (κ3) is 8.34. The van der Waals surface area contributed by atoms with Gasteiger partial charge in [-0.3, -0.25) is 0 Å². The molecule has 0 N–H and O–H groups in total. The zero-order valence-corrected chi connectivity index (χ0v) is 58.9. The lowest BCUT2D eigenvalue weighted by Gasteiger charge is -2.43. The molecule has 0 bridgehead atoms. The van der Waals surface area contributed by atoms with Crippen molar-refractivity contribution in [1.29, 1.82) is 0 Å². The van der Waals surface area contributed by atoms with E-state index >= 15 is 0 Å². The maximum absolute atomic E-state index is 7.65. The van der Waals surface area contributed by atoms with Crippen molar-refractivity contribution in [3.63, 3.8) is 0 Å². The Morgan fingerprint density at radius 3 is 1.32 bits per heavy atom. The highest BCUT2D eigenvalue weighted by Crippen LogP contribution is 2.64. The van der Waals surface area contributed by atoms with Crippen LogP contribution in [-0.4, -0.2) is 9.13 Å². The fraction of sp³-hybridized carbons (Fsp3) is 0.0588. The van der Waals surface area contributed by atoms with Gasteiger partial charge in [0.2, 0.25) is 0 Å². The standard InChI is InChI=1S/C102H68N2O3/c1-99(2)87-64-70(100(66-30-7-3-8-31-66)81-44-17-23-52-92(81)105-93-53-24-18-45-82(93)100)57-59-73(87)76-41-27-42-77(96(76)99)78-43-29-49-86-98(78)107-95-55-26-20-47-84(95)102(86,68-34-11-5-12-35-68)104-90-51-22-16-39-75(90)79-62-65(56-60-91(79)104)72-40-28-48-85-97(72)106-94-54-25-19-46-83(94)101(85,67-32-9-4-10-33-67)69-58-61-89-80(63-69)74-38-15-21-50-88(74)103(89)71-36-13-6-14-37-71/h3-64H,1-2H3. The van der Waals surface area contributed by atoms with Crippen LogP contribution in [0.2, 0.25) is 0 Å². The number of aromatic nitrogens is 2. The summed E-state index contributed by atoms with van der Waals surface area (Å²) in [5, 5.41) is 4.66. The maximum Gasteiger partial charge on any atom is 0.141 e. The second-order valence-corrected chi connectivity index (χ2v) is 29.6. The normalized spacial score (nSPS) is 16.6. The molecule has 0 saturated carbocycles. The van der Waals surface area contributed by atoms with E-state index in [0.717, 1.165) is 140 Å². The molecule has 5 nitrogen and oxygen atoms in total. The first-order valence-electron chi connectivity index (χ1n) is 37.1. The molecule has 16 aromatic carbocycles. The van der Waals surface area contributed by atoms with Gasteiger partial charge in [0, 0.05) is 77.2 Å². The smallest absolute Gasteiger partial charge is 0.141 e. The van der Waals surface area contributed by atoms with E-state index in [-0.39, 0.29) is 0 Å². The lowest BCUT2D eigenvalue weighted by Crippen LogP contribution is -2.40. The Hall–Kier alpha value is -13.5. The van der Waals surface area contributed by atoms with Gasteiger partial charge in [-0.1, -0.05) is 317 Å². The van der Waals surface area contributed by atoms with Crippen molar-refractivity contribution in [3.05, 3.63) is 448 Å². The number of ether oxygens (including phenoxy) is 3. The maximum atomic E-state index is 7.65. The summed E-state index contributed by atoms with van der Waals surface area (Å²) in [6.45, 7) is 4.84. The number of hydrogen-bond donors (Lipinski definition) is 0. The van der Waals surface area contributed by atoms with E-state index in [1.54, 1.807) is 0 Å². The molecule has 4 aliphatic rings. The molecule has 18 aromatic rings. The summed E-state index contributed by atoms with van der Waals surface area (Å²) in [5.74, 6) is 5.01. The number of rotatable bonds is 9. The monoisotopic (exact) mass is 1370 g/mol. The summed E-state index contributed by atoms with van der Waals surface area (Å²) in [6.07, 6.45) is 0. The fourth-order valence-corrected chi connectivity index (χ4v) is 19.8. The average Bonchev–Trinajstić information content (AvgIpc) is 1.67. The number of para-hydroxylation sites is 9. The highest BCUT2D eigenvalue weighted by Gasteiger charge is 2.52. The molecule has 107 heavy (non-hydrogen) atoms. The molecular weight excluding hydrogens is 1300 g/mol. The van der Waals surface area contributed by atoms with Crippen LogP contribution in [0.5, 0.6) is 34.5 Å². The summed E-state index contributed by atoms with van der Waals surface area (Å²) in [6, 6.07) is 138. The van der Waals surface area contributed by atoms with Crippen molar-refractivity contribution >= 4 is 43.6 Å². The molecule has 504 valence electrons. The average molecular weight is 1370 g/mol. The molecule has 1 aliphatic carbocycles. The van der Waals surface area contributed by atoms with E-state index in [1.807, 2.05) is 0 Å². The molecular formula is C102H68N2O3. The van der Waals surface area contributed by atoms with E-state index < -0.39 is 21.8 Å². The molecule has 5 heterocycles. The highest BCUT2D eigenvalue weighted by atomic mass is 16.5. The van der Waals surface area contributed by atoms with Gasteiger partial charge < -0.3 is 23.3 Å². The zero-order valence-electron chi connectivity index (χ0n) is 58.9. The minimum atomic E-state index is -0.972. The minimum Gasteiger partial charge on any atom is -0.457 e. The van der Waals surface area contributed by atoms with Crippen LogP contribution >= 0.6 is 0 Å². The number of fused-ring (bicyclic) bond motifs is 15. The SMILES string of the molecule is CC1(C)c2cc(C3(c4ccccc4)c4ccccc4Oc4ccccc43)ccc2-c2cccc(-c3cccc4c3Oc3ccccc3C4(c3ccccc3)n3c4ccccc4c4cc(-c5cccc6c5Oc5ccccc5C6(c5ccccc5)c5ccc6c(c5)c5ccccc5n6-c5ccccc5)ccc43)c21. The van der Waals surface area contributed by atoms with Crippen LogP contribution in [0.15, 0.2) is 376 Å². The lowest BCUT2D eigenvalue weighted by molar-refractivity contribution is 0.401. The first kappa shape index (κ1) is 61.0. The molecule has 0 radical (unpaired) electrons. The van der Waals surface area contributed by atoms with Crippen LogP contribution in [0.25, 0.3) is 82.7 Å². The third-order valence-corrected chi connectivity index (χ3v) is 24.1. The highest BCUT2D eigenvalue weighted by molar-refractivity contribution is 6.12. The van der Waals surface area contributed by atoms with Gasteiger partial charge in [-0.25, -0.2) is 0 Å². The van der Waals surface area contributed by atoms with Gasteiger partial charge >= 0.3 is 0 Å². The Morgan fingerprint density at radius 1 is 0.243 bits per heavy atom. The van der Waals surface area contributed by atoms with Gasteiger partial charge in [0.25, 0.3) is 0 Å². The fourth-order valence-electron chi connectivity index (χ4n) is 19.8. The molecule has 22 rings (SSSR count). The Labute approximate surface area is 620 Å². The van der Waals surface area contributed by atoms with Crippen molar-refractivity contribution in [3.8, 4) is 73.6 Å². The van der Waals surface area contributed by atoms with Crippen molar-refractivity contribution in [2.75, 3.05) is 0 Å². The molecule has 2 atom stereocenters. The van der Waals surface area contributed by atoms with Crippen LogP contribution < -0.4 is 14.2 Å². The van der Waals surface area contributed by atoms with E-state index in [9.17, 15) is 0 Å². The lowest BCUT2D eigenvalue weighted by atomic mass is 9.63. The van der Waals surface area contributed by atoms with E-state index in [1.165, 1.54) is 49.7 Å². The molecule has 0 spiro atoms. The van der Waals surface area contributed by atoms with E-state index in [4.69, 9.17) is 14.2 Å². The second kappa shape index (κ2) is 23.0. The number of hydrogen-bond acceptors (Lipinski definition) is 3. The number of nitrogens with zero attached hydrogens (tertiary/aromatic N) is 2. The summed E-state index contributed by atoms with van der Waals surface area (Å²) >= 11 is 0. The van der Waals surface area contributed by atoms with Crippen LogP contribution in [0, 0.1) is 0 Å². The van der Waals surface area contributed by atoms with Crippen molar-refractivity contribution in [2.45, 2.75) is 35.6 Å². The van der Waals surface area contributed by atoms with E-state index in [0.29, 0.717) is 0 Å². The van der Waals surface area contributed by atoms with Crippen LogP contribution in [-0.2, 0) is 21.8 Å². The summed E-state index contributed by atoms with van der Waals surface area (Å²) in [4.78, 5) is 0. The van der Waals surface area contributed by atoms with Crippen LogP contribution in [0.3, 0.4) is 0 Å². The molecule has 2 unspecified atom stereocenters. The van der Waals surface area contributed by atoms with Gasteiger partial charge in [0.15, 0.2) is 0 Å². The molecule has 3 aliphatic heterocycles. The molecule has 0 amide bonds. The van der Waals surface area contributed by atoms with Crippen molar-refractivity contribution in [2.24, 2.45) is 0 Å². The second-order valence-electron chi connectivity index (χ2n) is 29.6. The Kier molecular flexibility index (Phi) is 13.1. The zero-order chi connectivity index (χ0) is 70.7. The first-order chi connectivity index (χ1) is 52.8. The quantitative estimate of drug-likeness (QED) is 0.145. The largest absolute Gasteiger partial charge is 0.457 e. The Morgan fingerprint density at radius 2 is 0.664 bits per heavy atom. The summed E-state index contributed by atoms with van der Waals surface area (Å²) in [5.41, 5.74) is 24.3. The van der Waals surface area contributed by atoms with Gasteiger partial charge in [-0.05, 0) is 134 Å². The first-order valence-corrected chi connectivity index (χ1v) is 37.1. The minimum absolute atomic E-state index is 0.467. The number of benzene rings is 16. The van der Waals surface area contributed by atoms with Gasteiger partial charge in [-0.15, -0.1) is 0 Å². The van der Waals surface area contributed by atoms with E-state index in [2.05, 4.69) is 399 Å². The molecule has 2 aromatic heterocycles.